The number of nitrogens with zero attached hydrogens (tertiary/aromatic N) is 11. The summed E-state index contributed by atoms with van der Waals surface area (Å²) >= 11 is 32.1. The number of fused-ring (bicyclic) bond motifs is 5. The van der Waals surface area contributed by atoms with Crippen molar-refractivity contribution in [2.45, 2.75) is 39.1 Å². The smallest absolute Gasteiger partial charge is 0.379 e. The van der Waals surface area contributed by atoms with Gasteiger partial charge in [0.2, 0.25) is 11.5 Å². The number of esters is 3. The zero-order valence-electron chi connectivity index (χ0n) is 74.8. The van der Waals surface area contributed by atoms with Crippen LogP contribution >= 0.6 is 58.0 Å². The fourth-order valence-electron chi connectivity index (χ4n) is 16.8. The molecular weight excluding hydrogens is 1850 g/mol. The second-order valence-electron chi connectivity index (χ2n) is 32.0. The maximum Gasteiger partial charge on any atom is 0.379 e. The number of phenolic OH excluding ortho intramolecular Hbond substituents is 2. The van der Waals surface area contributed by atoms with Gasteiger partial charge in [0.25, 0.3) is 0 Å². The zero-order chi connectivity index (χ0) is 94.4. The third-order valence-electron chi connectivity index (χ3n) is 23.5. The van der Waals surface area contributed by atoms with Gasteiger partial charge >= 0.3 is 17.9 Å². The summed E-state index contributed by atoms with van der Waals surface area (Å²) in [5.41, 5.74) is 9.53. The Labute approximate surface area is 817 Å². The zero-order valence-corrected chi connectivity index (χ0v) is 78.5. The number of ether oxygens (including phenoxy) is 11. The lowest BCUT2D eigenvalue weighted by Gasteiger charge is -2.35. The Morgan fingerprint density at radius 3 is 1.21 bits per heavy atom. The van der Waals surface area contributed by atoms with Crippen molar-refractivity contribution in [1.29, 1.82) is 0 Å². The lowest BCUT2D eigenvalue weighted by Crippen LogP contribution is -2.39. The first-order valence-corrected chi connectivity index (χ1v) is 46.1. The number of pyridine rings is 6. The van der Waals surface area contributed by atoms with Gasteiger partial charge in [-0.3, -0.25) is 54.4 Å². The number of benzene rings is 8. The predicted octanol–water partition coefficient (Wildman–Crippen LogP) is 19.5. The number of carbonyl (C=O) groups is 3. The molecule has 0 radical (unpaired) electrons. The van der Waals surface area contributed by atoms with E-state index in [1.807, 2.05) is 146 Å². The fourth-order valence-corrected chi connectivity index (χ4v) is 18.0. The second-order valence-corrected chi connectivity index (χ2v) is 34.1. The average molecular weight is 1960 g/mol. The van der Waals surface area contributed by atoms with Crippen molar-refractivity contribution in [1.82, 2.24) is 54.4 Å². The number of methoxy groups -OCH3 is 3. The Morgan fingerprint density at radius 2 is 0.766 bits per heavy atom. The molecule has 5 aliphatic heterocycles. The van der Waals surface area contributed by atoms with Gasteiger partial charge in [-0.25, -0.2) is 14.4 Å². The van der Waals surface area contributed by atoms with Crippen LogP contribution in [0.25, 0.3) is 54.5 Å². The monoisotopic (exact) mass is 1950 g/mol. The molecule has 137 heavy (non-hydrogen) atoms. The molecule has 8 aromatic carbocycles. The van der Waals surface area contributed by atoms with Gasteiger partial charge in [-0.2, -0.15) is 0 Å². The number of aromatic nitrogens is 6. The van der Waals surface area contributed by atoms with Gasteiger partial charge in [0.05, 0.1) is 143 Å². The summed E-state index contributed by atoms with van der Waals surface area (Å²) in [7, 11) is 4.48. The molecule has 28 nitrogen and oxygen atoms in total. The van der Waals surface area contributed by atoms with Crippen molar-refractivity contribution in [2.75, 3.05) is 153 Å². The third kappa shape index (κ3) is 24.3. The molecule has 12 heterocycles. The van der Waals surface area contributed by atoms with E-state index in [9.17, 15) is 24.6 Å². The molecule has 5 aliphatic rings. The van der Waals surface area contributed by atoms with Gasteiger partial charge in [-0.15, -0.1) is 0 Å². The number of rotatable bonds is 21. The molecule has 0 saturated carbocycles. The maximum atomic E-state index is 13.3. The minimum Gasteiger partial charge on any atom is -0.505 e. The van der Waals surface area contributed by atoms with E-state index in [1.54, 1.807) is 85.7 Å². The Hall–Kier alpha value is -12.3. The van der Waals surface area contributed by atoms with Gasteiger partial charge in [0.1, 0.15) is 39.1 Å². The van der Waals surface area contributed by atoms with Crippen molar-refractivity contribution >= 4 is 130 Å². The molecule has 0 spiro atoms. The van der Waals surface area contributed by atoms with Gasteiger partial charge < -0.3 is 66.7 Å². The SMILES string of the molecule is C.COc1cc(C(=O)Oc2c(CN3CCOCC3)cc(Cl)c3cccnc23)cc(OC)c1OC.O=C(Oc1c(CN2CCOCC2)cc(Cl)c2cccnc12)c1ccccc1.O=C(Oc1c(CN2CCOCC2)cc(Cl)c2cccnc12)c1ccco1.Oc1c(C(c2ccc(Cl)cc2)N2CCOCC2)cc(Cl)c2cccnc12.Oc1c(C(c2ccccn2)N2CCOCC2)ccc2cccnc12. The van der Waals surface area contributed by atoms with Crippen LogP contribution in [-0.4, -0.2) is 235 Å². The molecule has 0 amide bonds. The van der Waals surface area contributed by atoms with Crippen LogP contribution in [0.15, 0.2) is 242 Å². The van der Waals surface area contributed by atoms with E-state index >= 15 is 0 Å². The summed E-state index contributed by atoms with van der Waals surface area (Å²) < 4.78 is 65.9. The molecule has 5 fully saturated rings. The van der Waals surface area contributed by atoms with Crippen LogP contribution < -0.4 is 28.4 Å². The van der Waals surface area contributed by atoms with E-state index in [2.05, 4.69) is 54.4 Å². The van der Waals surface area contributed by atoms with Crippen molar-refractivity contribution in [2.24, 2.45) is 0 Å². The second kappa shape index (κ2) is 48.1. The first-order valence-electron chi connectivity index (χ1n) is 44.3. The summed E-state index contributed by atoms with van der Waals surface area (Å²) in [6, 6.07) is 58.4. The highest BCUT2D eigenvalue weighted by Gasteiger charge is 2.33. The topological polar surface area (TPSA) is 300 Å². The summed E-state index contributed by atoms with van der Waals surface area (Å²) in [5.74, 6) is 1.35. The van der Waals surface area contributed by atoms with E-state index < -0.39 is 17.9 Å². The number of phenols is 2. The van der Waals surface area contributed by atoms with Crippen LogP contribution in [0.4, 0.5) is 0 Å². The normalized spacial score (nSPS) is 15.4. The number of carbonyl (C=O) groups excluding carboxylic acids is 3. The van der Waals surface area contributed by atoms with Crippen molar-refractivity contribution in [3.8, 4) is 46.0 Å². The molecule has 20 rings (SSSR count). The lowest BCUT2D eigenvalue weighted by molar-refractivity contribution is 0.0229. The standard InChI is InChI=1S/C24H25ClN2O6.C21H19ClN2O3.C20H18Cl2N2O2.C19H17ClN2O4.C19H19N3O2.CH4/c1-29-19-12-15(13-20(30-2)23(19)31-3)24(28)33-22-16(14-27-7-9-32-10-8-27)11-18(25)17-5-4-6-26-21(17)22;22-18-13-16(14-24-9-11-26-12-10-24)20(19-17(18)7-4-8-23-19)27-21(25)15-5-2-1-3-6-15;21-14-5-3-13(4-6-14)19(24-8-10-26-11-9-24)16-12-17(22)15-2-1-7-23-18(15)20(16)25;20-15-11-13(12-22-6-9-24-10-7-22)18(17-14(15)3-1-5-21-17)26-19(23)16-4-2-8-25-16;23-19-15(7-6-14-4-3-9-21-17(14)19)18(16-5-1-2-8-20-16)22-10-12-24-13-11-22;/h4-6,11-13H,7-10,14H2,1-3H3;1-8,13H,9-12,14H2;1-7,12,19,25H,8-11H2;1-5,8,11H,6-7,9-10,12H2;1-9,18,23H,10-13H2;1H4. The number of morpholine rings is 5. The van der Waals surface area contributed by atoms with E-state index in [1.165, 1.54) is 27.6 Å². The van der Waals surface area contributed by atoms with Crippen LogP contribution in [0.1, 0.15) is 89.9 Å². The molecule has 5 saturated heterocycles. The Balaban J connectivity index is 0.000000130. The Bertz CT molecular complexity index is 6610. The van der Waals surface area contributed by atoms with Crippen LogP contribution in [0.3, 0.4) is 0 Å². The summed E-state index contributed by atoms with van der Waals surface area (Å²) in [6.45, 7) is 16.5. The molecule has 0 bridgehead atoms. The van der Waals surface area contributed by atoms with Crippen LogP contribution in [0.2, 0.25) is 25.1 Å². The first-order chi connectivity index (χ1) is 66.5. The third-order valence-corrected chi connectivity index (χ3v) is 25.0. The maximum absolute atomic E-state index is 13.3. The molecule has 710 valence electrons. The van der Waals surface area contributed by atoms with Gasteiger partial charge in [-0.1, -0.05) is 120 Å². The molecular formula is C104H102Cl5N11O17. The predicted molar refractivity (Wildman–Crippen MR) is 527 cm³/mol. The largest absolute Gasteiger partial charge is 0.505 e. The van der Waals surface area contributed by atoms with E-state index in [0.717, 1.165) is 126 Å². The van der Waals surface area contributed by atoms with Crippen LogP contribution in [0, 0.1) is 0 Å². The minimum atomic E-state index is -0.577. The van der Waals surface area contributed by atoms with E-state index in [4.69, 9.17) is 115 Å². The van der Waals surface area contributed by atoms with E-state index in [-0.39, 0.29) is 42.3 Å². The molecule has 7 aromatic heterocycles. The first kappa shape index (κ1) is 99.2. The number of furan rings is 1. The average Bonchev–Trinajstić information content (AvgIpc) is 0.816. The fraction of sp³-hybridized carbons (Fsp3) is 0.279. The summed E-state index contributed by atoms with van der Waals surface area (Å²) in [6.07, 6.45) is 11.6. The van der Waals surface area contributed by atoms with Crippen molar-refractivity contribution in [3.63, 3.8) is 0 Å². The molecule has 0 aliphatic carbocycles. The highest BCUT2D eigenvalue weighted by molar-refractivity contribution is 6.37. The summed E-state index contributed by atoms with van der Waals surface area (Å²) in [5, 5.41) is 28.7. The molecule has 2 atom stereocenters. The Kier molecular flexibility index (Phi) is 34.8. The highest BCUT2D eigenvalue weighted by Crippen LogP contribution is 2.46. The van der Waals surface area contributed by atoms with Crippen molar-refractivity contribution < 1.29 is 81.1 Å². The molecule has 2 unspecified atom stereocenters. The van der Waals surface area contributed by atoms with Gasteiger partial charge in [0.15, 0.2) is 28.7 Å². The number of aromatic hydroxyl groups is 2. The number of hydrogen-bond donors (Lipinski definition) is 2. The van der Waals surface area contributed by atoms with Gasteiger partial charge in [-0.05, 0) is 145 Å². The van der Waals surface area contributed by atoms with E-state index in [0.29, 0.717) is 184 Å². The molecule has 33 heteroatoms. The minimum absolute atomic E-state index is 0. The lowest BCUT2D eigenvalue weighted by atomic mass is 9.94. The van der Waals surface area contributed by atoms with Crippen LogP contribution in [-0.2, 0) is 43.3 Å². The highest BCUT2D eigenvalue weighted by atomic mass is 35.5. The quantitative estimate of drug-likeness (QED) is 0.0499. The molecule has 2 N–H and O–H groups in total. The van der Waals surface area contributed by atoms with Crippen LogP contribution in [0.5, 0.6) is 46.0 Å². The summed E-state index contributed by atoms with van der Waals surface area (Å²) in [4.78, 5) is 76.2. The molecule has 15 aromatic rings. The Morgan fingerprint density at radius 1 is 0.365 bits per heavy atom. The van der Waals surface area contributed by atoms with Crippen molar-refractivity contribution in [3.05, 3.63) is 319 Å². The number of hydrogen-bond acceptors (Lipinski definition) is 28. The van der Waals surface area contributed by atoms with Gasteiger partial charge in [0, 0.05) is 182 Å². The number of halogens is 5.